The summed E-state index contributed by atoms with van der Waals surface area (Å²) in [5.41, 5.74) is 7.93. The molecule has 0 aliphatic heterocycles. The number of nitrogens with one attached hydrogen (secondary N) is 1. The van der Waals surface area contributed by atoms with Crippen LogP contribution in [0, 0.1) is 19.8 Å². The molecule has 3 aromatic rings. The number of nitrogens with zero attached hydrogens (tertiary/aromatic N) is 1. The topological polar surface area (TPSA) is 41.5 Å². The second kappa shape index (κ2) is 7.84. The van der Waals surface area contributed by atoms with Crippen molar-refractivity contribution in [1.82, 2.24) is 5.43 Å². The van der Waals surface area contributed by atoms with E-state index in [0.29, 0.717) is 5.02 Å². The van der Waals surface area contributed by atoms with Crippen LogP contribution >= 0.6 is 11.6 Å². The zero-order valence-electron chi connectivity index (χ0n) is 16.5. The van der Waals surface area contributed by atoms with Crippen molar-refractivity contribution in [3.8, 4) is 0 Å². The minimum atomic E-state index is -0.304. The molecular formula is C25H23ClN2O. The van der Waals surface area contributed by atoms with Gasteiger partial charge in [-0.05, 0) is 37.5 Å². The summed E-state index contributed by atoms with van der Waals surface area (Å²) >= 11 is 6.15. The second-order valence-corrected chi connectivity index (χ2v) is 8.13. The van der Waals surface area contributed by atoms with E-state index in [9.17, 15) is 4.79 Å². The summed E-state index contributed by atoms with van der Waals surface area (Å²) < 4.78 is 0. The van der Waals surface area contributed by atoms with Gasteiger partial charge in [0.1, 0.15) is 0 Å². The fraction of sp³-hybridized carbons (Fsp3) is 0.200. The zero-order valence-corrected chi connectivity index (χ0v) is 17.3. The number of hydrogen-bond donors (Lipinski definition) is 1. The third-order valence-electron chi connectivity index (χ3n) is 5.63. The molecule has 1 fully saturated rings. The first-order chi connectivity index (χ1) is 14.0. The molecule has 0 spiro atoms. The molecule has 0 radical (unpaired) electrons. The SMILES string of the molecule is Cc1cccc(C2(c3cccc(C)c3)C[C@H]2C(=O)NN=Cc2ccccc2Cl)c1. The van der Waals surface area contributed by atoms with Crippen LogP contribution < -0.4 is 5.43 Å². The normalized spacial score (nSPS) is 17.3. The largest absolute Gasteiger partial charge is 0.273 e. The average Bonchev–Trinajstić information content (AvgIpc) is 3.47. The van der Waals surface area contributed by atoms with Crippen molar-refractivity contribution in [3.63, 3.8) is 0 Å². The molecule has 0 saturated heterocycles. The Morgan fingerprint density at radius 2 is 1.62 bits per heavy atom. The zero-order chi connectivity index (χ0) is 20.4. The van der Waals surface area contributed by atoms with Gasteiger partial charge in [-0.2, -0.15) is 5.10 Å². The number of hydrogen-bond acceptors (Lipinski definition) is 2. The summed E-state index contributed by atoms with van der Waals surface area (Å²) in [6.45, 7) is 4.16. The van der Waals surface area contributed by atoms with Gasteiger partial charge in [0.2, 0.25) is 5.91 Å². The lowest BCUT2D eigenvalue weighted by Crippen LogP contribution is -2.25. The lowest BCUT2D eigenvalue weighted by molar-refractivity contribution is -0.122. The first-order valence-electron chi connectivity index (χ1n) is 9.72. The predicted octanol–water partition coefficient (Wildman–Crippen LogP) is 5.41. The quantitative estimate of drug-likeness (QED) is 0.449. The molecule has 0 unspecified atom stereocenters. The Hall–Kier alpha value is -2.91. The summed E-state index contributed by atoms with van der Waals surface area (Å²) in [6.07, 6.45) is 2.36. The molecule has 0 aromatic heterocycles. The van der Waals surface area contributed by atoms with Crippen LogP contribution in [0.4, 0.5) is 0 Å². The van der Waals surface area contributed by atoms with E-state index in [1.807, 2.05) is 18.2 Å². The van der Waals surface area contributed by atoms with E-state index in [1.165, 1.54) is 22.3 Å². The maximum absolute atomic E-state index is 13.0. The van der Waals surface area contributed by atoms with Gasteiger partial charge in [0.25, 0.3) is 0 Å². The van der Waals surface area contributed by atoms with Gasteiger partial charge in [0, 0.05) is 16.0 Å². The van der Waals surface area contributed by atoms with Gasteiger partial charge < -0.3 is 0 Å². The predicted molar refractivity (Wildman–Crippen MR) is 118 cm³/mol. The first kappa shape index (κ1) is 19.4. The fourth-order valence-electron chi connectivity index (χ4n) is 4.05. The van der Waals surface area contributed by atoms with E-state index >= 15 is 0 Å². The van der Waals surface area contributed by atoms with Gasteiger partial charge in [0.05, 0.1) is 12.1 Å². The standard InChI is InChI=1S/C25H23ClN2O/c1-17-7-5-10-20(13-17)25(21-11-6-8-18(2)14-21)15-22(25)24(29)28-27-16-19-9-3-4-12-23(19)26/h3-14,16,22H,15H2,1-2H3,(H,28,29)/t22-/m0/s1. The number of carbonyl (C=O) groups excluding carboxylic acids is 1. The Morgan fingerprint density at radius 1 is 1.00 bits per heavy atom. The second-order valence-electron chi connectivity index (χ2n) is 7.72. The minimum Gasteiger partial charge on any atom is -0.273 e. The Labute approximate surface area is 176 Å². The van der Waals surface area contributed by atoms with Crippen LogP contribution in [0.3, 0.4) is 0 Å². The maximum Gasteiger partial charge on any atom is 0.244 e. The van der Waals surface area contributed by atoms with E-state index in [2.05, 4.69) is 72.9 Å². The molecule has 0 heterocycles. The van der Waals surface area contributed by atoms with Gasteiger partial charge >= 0.3 is 0 Å². The summed E-state index contributed by atoms with van der Waals surface area (Å²) in [5.74, 6) is -0.231. The fourth-order valence-corrected chi connectivity index (χ4v) is 4.24. The van der Waals surface area contributed by atoms with E-state index in [1.54, 1.807) is 12.3 Å². The van der Waals surface area contributed by atoms with E-state index in [4.69, 9.17) is 11.6 Å². The average molecular weight is 403 g/mol. The van der Waals surface area contributed by atoms with Crippen molar-refractivity contribution in [1.29, 1.82) is 0 Å². The van der Waals surface area contributed by atoms with Crippen LogP contribution in [0.5, 0.6) is 0 Å². The molecule has 1 amide bonds. The van der Waals surface area contributed by atoms with Gasteiger partial charge in [-0.15, -0.1) is 0 Å². The highest BCUT2D eigenvalue weighted by Gasteiger charge is 2.60. The van der Waals surface area contributed by atoms with Crippen LogP contribution in [0.15, 0.2) is 77.9 Å². The number of carbonyl (C=O) groups is 1. The summed E-state index contributed by atoms with van der Waals surface area (Å²) in [7, 11) is 0. The van der Waals surface area contributed by atoms with Crippen molar-refractivity contribution in [2.45, 2.75) is 25.7 Å². The van der Waals surface area contributed by atoms with Gasteiger partial charge in [0.15, 0.2) is 0 Å². The smallest absolute Gasteiger partial charge is 0.244 e. The third-order valence-corrected chi connectivity index (χ3v) is 5.97. The molecule has 1 aliphatic rings. The molecule has 1 saturated carbocycles. The van der Waals surface area contributed by atoms with Crippen molar-refractivity contribution < 1.29 is 4.79 Å². The van der Waals surface area contributed by atoms with Crippen molar-refractivity contribution in [3.05, 3.63) is 106 Å². The number of halogens is 1. The molecule has 0 bridgehead atoms. The molecular weight excluding hydrogens is 380 g/mol. The van der Waals surface area contributed by atoms with Crippen molar-refractivity contribution in [2.75, 3.05) is 0 Å². The first-order valence-corrected chi connectivity index (χ1v) is 10.1. The summed E-state index contributed by atoms with van der Waals surface area (Å²) in [6, 6.07) is 24.3. The minimum absolute atomic E-state index is 0.0729. The molecule has 146 valence electrons. The van der Waals surface area contributed by atoms with Gasteiger partial charge in [-0.3, -0.25) is 4.79 Å². The van der Waals surface area contributed by atoms with Crippen LogP contribution in [0.1, 0.15) is 34.2 Å². The highest BCUT2D eigenvalue weighted by Crippen LogP contribution is 2.59. The highest BCUT2D eigenvalue weighted by molar-refractivity contribution is 6.33. The van der Waals surface area contributed by atoms with Crippen molar-refractivity contribution >= 4 is 23.7 Å². The molecule has 1 atom stereocenters. The molecule has 4 rings (SSSR count). The molecule has 4 heteroatoms. The number of aryl methyl sites for hydroxylation is 2. The molecule has 1 N–H and O–H groups in total. The van der Waals surface area contributed by atoms with E-state index in [0.717, 1.165) is 12.0 Å². The molecule has 3 aromatic carbocycles. The van der Waals surface area contributed by atoms with E-state index in [-0.39, 0.29) is 17.2 Å². The van der Waals surface area contributed by atoms with Crippen LogP contribution in [0.2, 0.25) is 5.02 Å². The summed E-state index contributed by atoms with van der Waals surface area (Å²) in [4.78, 5) is 13.0. The molecule has 3 nitrogen and oxygen atoms in total. The number of amides is 1. The van der Waals surface area contributed by atoms with Gasteiger partial charge in [-0.1, -0.05) is 89.5 Å². The molecule has 1 aliphatic carbocycles. The van der Waals surface area contributed by atoms with Gasteiger partial charge in [-0.25, -0.2) is 5.43 Å². The van der Waals surface area contributed by atoms with Crippen LogP contribution in [-0.4, -0.2) is 12.1 Å². The number of benzene rings is 3. The van der Waals surface area contributed by atoms with Crippen molar-refractivity contribution in [2.24, 2.45) is 11.0 Å². The number of hydrazone groups is 1. The highest BCUT2D eigenvalue weighted by atomic mass is 35.5. The van der Waals surface area contributed by atoms with Crippen LogP contribution in [-0.2, 0) is 10.2 Å². The lowest BCUT2D eigenvalue weighted by Gasteiger charge is -2.19. The summed E-state index contributed by atoms with van der Waals surface area (Å²) in [5, 5.41) is 4.75. The monoisotopic (exact) mass is 402 g/mol. The number of rotatable bonds is 5. The molecule has 29 heavy (non-hydrogen) atoms. The van der Waals surface area contributed by atoms with Crippen LogP contribution in [0.25, 0.3) is 0 Å². The Morgan fingerprint density at radius 3 is 2.21 bits per heavy atom. The Balaban J connectivity index is 1.60. The Bertz CT molecular complexity index is 1040. The third kappa shape index (κ3) is 3.83. The Kier molecular flexibility index (Phi) is 5.25. The van der Waals surface area contributed by atoms with E-state index < -0.39 is 0 Å². The maximum atomic E-state index is 13.0. The lowest BCUT2D eigenvalue weighted by atomic mass is 9.84.